The first-order valence-electron chi connectivity index (χ1n) is 9.75. The minimum atomic E-state index is -0.593. The Balaban J connectivity index is 1.47. The summed E-state index contributed by atoms with van der Waals surface area (Å²) in [7, 11) is 0. The molecule has 0 aromatic heterocycles. The van der Waals surface area contributed by atoms with E-state index in [-0.39, 0.29) is 23.1 Å². The van der Waals surface area contributed by atoms with Crippen LogP contribution in [0, 0.1) is 0 Å². The van der Waals surface area contributed by atoms with E-state index in [1.165, 1.54) is 23.9 Å². The number of hydrogen-bond donors (Lipinski definition) is 1. The minimum absolute atomic E-state index is 0.148. The fraction of sp³-hybridized carbons (Fsp3) is 0.125. The van der Waals surface area contributed by atoms with Gasteiger partial charge in [-0.1, -0.05) is 42.3 Å². The van der Waals surface area contributed by atoms with Gasteiger partial charge in [0.25, 0.3) is 5.91 Å². The summed E-state index contributed by atoms with van der Waals surface area (Å²) in [6.07, 6.45) is 2.41. The Morgan fingerprint density at radius 3 is 2.31 bits per heavy atom. The van der Waals surface area contributed by atoms with Crippen LogP contribution in [0.25, 0.3) is 0 Å². The Morgan fingerprint density at radius 2 is 1.66 bits per heavy atom. The zero-order valence-electron chi connectivity index (χ0n) is 17.2. The predicted molar refractivity (Wildman–Crippen MR) is 125 cm³/mol. The number of hydrazone groups is 1. The Bertz CT molecular complexity index is 1110. The van der Waals surface area contributed by atoms with Crippen molar-refractivity contribution in [1.82, 2.24) is 5.43 Å². The van der Waals surface area contributed by atoms with Crippen LogP contribution in [-0.4, -0.2) is 24.7 Å². The van der Waals surface area contributed by atoms with Crippen LogP contribution < -0.4 is 14.9 Å². The van der Waals surface area contributed by atoms with Crippen molar-refractivity contribution in [3.8, 4) is 11.5 Å². The number of rotatable bonds is 8. The van der Waals surface area contributed by atoms with E-state index in [2.05, 4.69) is 17.5 Å². The standard InChI is InChI=1S/C24H20Cl2N2O4/c1-2-16-3-8-19(9-4-16)31-15-23(29)28-27-14-17-5-10-20(11-6-17)32-24(30)21-12-7-18(25)13-22(21)26/h3-14H,2,15H2,1H3,(H,28,29)/b27-14-. The number of nitrogens with zero attached hydrogens (tertiary/aromatic N) is 1. The molecule has 0 saturated heterocycles. The summed E-state index contributed by atoms with van der Waals surface area (Å²) in [5.74, 6) is -0.0214. The molecular formula is C24H20Cl2N2O4. The molecule has 0 aliphatic carbocycles. The molecule has 164 valence electrons. The number of nitrogens with one attached hydrogen (secondary N) is 1. The van der Waals surface area contributed by atoms with Crippen LogP contribution >= 0.6 is 23.2 Å². The van der Waals surface area contributed by atoms with E-state index in [1.807, 2.05) is 24.3 Å². The van der Waals surface area contributed by atoms with E-state index >= 15 is 0 Å². The zero-order valence-corrected chi connectivity index (χ0v) is 18.7. The number of carbonyl (C=O) groups excluding carboxylic acids is 2. The molecule has 8 heteroatoms. The fourth-order valence-electron chi connectivity index (χ4n) is 2.62. The average molecular weight is 471 g/mol. The van der Waals surface area contributed by atoms with Crippen LogP contribution in [0.3, 0.4) is 0 Å². The second kappa shape index (κ2) is 11.3. The molecule has 0 spiro atoms. The molecule has 0 atom stereocenters. The highest BCUT2D eigenvalue weighted by Gasteiger charge is 2.13. The lowest BCUT2D eigenvalue weighted by Crippen LogP contribution is -2.24. The van der Waals surface area contributed by atoms with Crippen LogP contribution in [-0.2, 0) is 11.2 Å². The molecule has 6 nitrogen and oxygen atoms in total. The molecule has 0 heterocycles. The van der Waals surface area contributed by atoms with Gasteiger partial charge >= 0.3 is 5.97 Å². The molecule has 0 aliphatic heterocycles. The van der Waals surface area contributed by atoms with Gasteiger partial charge in [0.1, 0.15) is 11.5 Å². The molecule has 0 saturated carbocycles. The minimum Gasteiger partial charge on any atom is -0.484 e. The number of esters is 1. The number of aryl methyl sites for hydroxylation is 1. The second-order valence-corrected chi connectivity index (χ2v) is 7.51. The number of ether oxygens (including phenoxy) is 2. The van der Waals surface area contributed by atoms with Gasteiger partial charge in [-0.05, 0) is 72.1 Å². The van der Waals surface area contributed by atoms with Crippen molar-refractivity contribution in [2.45, 2.75) is 13.3 Å². The molecule has 0 bridgehead atoms. The van der Waals surface area contributed by atoms with Gasteiger partial charge in [0.2, 0.25) is 0 Å². The van der Waals surface area contributed by atoms with Gasteiger partial charge in [-0.15, -0.1) is 0 Å². The molecule has 3 aromatic carbocycles. The van der Waals surface area contributed by atoms with Crippen molar-refractivity contribution in [3.05, 3.63) is 93.5 Å². The first-order valence-corrected chi connectivity index (χ1v) is 10.5. The molecule has 3 rings (SSSR count). The normalized spacial score (nSPS) is 10.7. The van der Waals surface area contributed by atoms with Crippen molar-refractivity contribution in [2.24, 2.45) is 5.10 Å². The number of benzene rings is 3. The summed E-state index contributed by atoms with van der Waals surface area (Å²) in [4.78, 5) is 24.1. The molecule has 0 unspecified atom stereocenters. The molecular weight excluding hydrogens is 451 g/mol. The quantitative estimate of drug-likeness (QED) is 0.209. The van der Waals surface area contributed by atoms with Gasteiger partial charge in [-0.3, -0.25) is 4.79 Å². The average Bonchev–Trinajstić information content (AvgIpc) is 2.79. The molecule has 0 aliphatic rings. The van der Waals surface area contributed by atoms with Gasteiger partial charge < -0.3 is 9.47 Å². The van der Waals surface area contributed by atoms with Crippen LogP contribution in [0.15, 0.2) is 71.8 Å². The Labute approximate surface area is 195 Å². The lowest BCUT2D eigenvalue weighted by atomic mass is 10.2. The van der Waals surface area contributed by atoms with E-state index in [0.717, 1.165) is 6.42 Å². The van der Waals surface area contributed by atoms with Crippen molar-refractivity contribution >= 4 is 41.3 Å². The summed E-state index contributed by atoms with van der Waals surface area (Å²) in [5, 5.41) is 4.54. The summed E-state index contributed by atoms with van der Waals surface area (Å²) < 4.78 is 10.7. The van der Waals surface area contributed by atoms with Crippen molar-refractivity contribution in [1.29, 1.82) is 0 Å². The van der Waals surface area contributed by atoms with Crippen molar-refractivity contribution in [2.75, 3.05) is 6.61 Å². The summed E-state index contributed by atoms with van der Waals surface area (Å²) in [6.45, 7) is 1.92. The maximum atomic E-state index is 12.2. The maximum absolute atomic E-state index is 12.2. The number of hydrogen-bond acceptors (Lipinski definition) is 5. The highest BCUT2D eigenvalue weighted by atomic mass is 35.5. The van der Waals surface area contributed by atoms with Crippen molar-refractivity contribution in [3.63, 3.8) is 0 Å². The largest absolute Gasteiger partial charge is 0.484 e. The predicted octanol–water partition coefficient (Wildman–Crippen LogP) is 5.30. The summed E-state index contributed by atoms with van der Waals surface area (Å²) in [5.41, 5.74) is 4.51. The molecule has 32 heavy (non-hydrogen) atoms. The van der Waals surface area contributed by atoms with E-state index in [1.54, 1.807) is 30.3 Å². The topological polar surface area (TPSA) is 77.0 Å². The Kier molecular flexibility index (Phi) is 8.25. The van der Waals surface area contributed by atoms with E-state index in [0.29, 0.717) is 22.1 Å². The van der Waals surface area contributed by atoms with Crippen LogP contribution in [0.2, 0.25) is 10.0 Å². The molecule has 1 N–H and O–H groups in total. The molecule has 3 aromatic rings. The monoisotopic (exact) mass is 470 g/mol. The van der Waals surface area contributed by atoms with Gasteiger partial charge in [0.05, 0.1) is 16.8 Å². The zero-order chi connectivity index (χ0) is 22.9. The van der Waals surface area contributed by atoms with Crippen LogP contribution in [0.4, 0.5) is 0 Å². The van der Waals surface area contributed by atoms with Crippen LogP contribution in [0.5, 0.6) is 11.5 Å². The van der Waals surface area contributed by atoms with Crippen LogP contribution in [0.1, 0.15) is 28.4 Å². The van der Waals surface area contributed by atoms with Gasteiger partial charge in [-0.25, -0.2) is 10.2 Å². The highest BCUT2D eigenvalue weighted by Crippen LogP contribution is 2.23. The highest BCUT2D eigenvalue weighted by molar-refractivity contribution is 6.36. The number of amides is 1. The van der Waals surface area contributed by atoms with Gasteiger partial charge in [0.15, 0.2) is 6.61 Å². The Hall–Kier alpha value is -3.35. The third kappa shape index (κ3) is 6.83. The molecule has 0 radical (unpaired) electrons. The van der Waals surface area contributed by atoms with Crippen molar-refractivity contribution < 1.29 is 19.1 Å². The first-order chi connectivity index (χ1) is 15.4. The second-order valence-electron chi connectivity index (χ2n) is 6.66. The third-order valence-electron chi connectivity index (χ3n) is 4.35. The number of carbonyl (C=O) groups is 2. The molecule has 0 fully saturated rings. The molecule has 1 amide bonds. The van der Waals surface area contributed by atoms with E-state index in [4.69, 9.17) is 32.7 Å². The summed E-state index contributed by atoms with van der Waals surface area (Å²) >= 11 is 11.9. The van der Waals surface area contributed by atoms with Gasteiger partial charge in [-0.2, -0.15) is 5.10 Å². The first kappa shape index (κ1) is 23.3. The van der Waals surface area contributed by atoms with E-state index < -0.39 is 5.97 Å². The third-order valence-corrected chi connectivity index (χ3v) is 4.89. The smallest absolute Gasteiger partial charge is 0.345 e. The van der Waals surface area contributed by atoms with E-state index in [9.17, 15) is 9.59 Å². The SMILES string of the molecule is CCc1ccc(OCC(=O)N/N=C\c2ccc(OC(=O)c3ccc(Cl)cc3Cl)cc2)cc1. The fourth-order valence-corrected chi connectivity index (χ4v) is 3.11. The Morgan fingerprint density at radius 1 is 0.969 bits per heavy atom. The summed E-state index contributed by atoms with van der Waals surface area (Å²) in [6, 6.07) is 18.7. The van der Waals surface area contributed by atoms with Gasteiger partial charge in [0, 0.05) is 5.02 Å². The maximum Gasteiger partial charge on any atom is 0.345 e. The lowest BCUT2D eigenvalue weighted by molar-refractivity contribution is -0.123. The number of halogens is 2. The lowest BCUT2D eigenvalue weighted by Gasteiger charge is -2.06.